The predicted octanol–water partition coefficient (Wildman–Crippen LogP) is 2.20. The zero-order valence-electron chi connectivity index (χ0n) is 15.4. The minimum absolute atomic E-state index is 0.0188. The largest absolute Gasteiger partial charge is 0.350 e. The SMILES string of the molecule is N[C@H]1CCc2ccn3c2C1C(=O)C[C@H](C(=O)NCC(=O)c1ccc(Br)cc1)C3. The molecule has 0 radical (unpaired) electrons. The van der Waals surface area contributed by atoms with Gasteiger partial charge in [-0.3, -0.25) is 14.4 Å². The first kappa shape index (κ1) is 19.1. The Hall–Kier alpha value is -2.25. The van der Waals surface area contributed by atoms with Crippen LogP contribution >= 0.6 is 15.9 Å². The summed E-state index contributed by atoms with van der Waals surface area (Å²) in [5, 5.41) is 2.71. The van der Waals surface area contributed by atoms with Crippen molar-refractivity contribution < 1.29 is 14.4 Å². The van der Waals surface area contributed by atoms with Crippen molar-refractivity contribution in [1.82, 2.24) is 9.88 Å². The number of aromatic nitrogens is 1. The van der Waals surface area contributed by atoms with Gasteiger partial charge in [-0.15, -0.1) is 0 Å². The molecule has 0 saturated heterocycles. The summed E-state index contributed by atoms with van der Waals surface area (Å²) < 4.78 is 2.89. The van der Waals surface area contributed by atoms with Gasteiger partial charge >= 0.3 is 0 Å². The van der Waals surface area contributed by atoms with Crippen molar-refractivity contribution in [3.8, 4) is 0 Å². The number of carbonyl (C=O) groups is 3. The van der Waals surface area contributed by atoms with Crippen molar-refractivity contribution in [2.45, 2.75) is 37.8 Å². The molecule has 1 aromatic carbocycles. The molecule has 2 aliphatic rings. The number of nitrogens with zero attached hydrogens (tertiary/aromatic N) is 1. The molecule has 2 aromatic rings. The Morgan fingerprint density at radius 3 is 2.71 bits per heavy atom. The molecule has 2 heterocycles. The quantitative estimate of drug-likeness (QED) is 0.708. The van der Waals surface area contributed by atoms with Gasteiger partial charge in [0.25, 0.3) is 0 Å². The molecular weight excluding hydrogens is 422 g/mol. The normalized spacial score (nSPS) is 23.6. The van der Waals surface area contributed by atoms with Gasteiger partial charge < -0.3 is 15.6 Å². The molecule has 3 atom stereocenters. The second-order valence-electron chi connectivity index (χ2n) is 7.57. The van der Waals surface area contributed by atoms with Crippen molar-refractivity contribution in [3.63, 3.8) is 0 Å². The van der Waals surface area contributed by atoms with Crippen LogP contribution in [0.1, 0.15) is 40.4 Å². The van der Waals surface area contributed by atoms with Crippen LogP contribution in [0.2, 0.25) is 0 Å². The second kappa shape index (κ2) is 7.64. The Kier molecular flexibility index (Phi) is 5.21. The number of rotatable bonds is 4. The van der Waals surface area contributed by atoms with Crippen LogP contribution in [0, 0.1) is 5.92 Å². The standard InChI is InChI=1S/C21H22BrN3O3/c22-15-4-1-12(2-5-15)18(27)10-24-21(28)14-9-17(26)19-16(23)6-3-13-7-8-25(11-14)20(13)19/h1-2,4-5,7-8,14,16,19H,3,6,9-11,23H2,(H,24,28)/t14-,16-,19?/m0/s1. The summed E-state index contributed by atoms with van der Waals surface area (Å²) in [4.78, 5) is 37.9. The number of carbonyl (C=O) groups excluding carboxylic acids is 3. The van der Waals surface area contributed by atoms with Gasteiger partial charge in [0.1, 0.15) is 5.78 Å². The molecule has 1 unspecified atom stereocenters. The molecule has 146 valence electrons. The van der Waals surface area contributed by atoms with E-state index < -0.39 is 5.92 Å². The highest BCUT2D eigenvalue weighted by Crippen LogP contribution is 2.37. The van der Waals surface area contributed by atoms with Crippen molar-refractivity contribution in [3.05, 3.63) is 57.8 Å². The van der Waals surface area contributed by atoms with Crippen molar-refractivity contribution >= 4 is 33.4 Å². The van der Waals surface area contributed by atoms with E-state index in [1.807, 2.05) is 16.8 Å². The average molecular weight is 444 g/mol. The predicted molar refractivity (Wildman–Crippen MR) is 108 cm³/mol. The maximum atomic E-state index is 12.9. The van der Waals surface area contributed by atoms with E-state index in [0.717, 1.165) is 28.6 Å². The Balaban J connectivity index is 1.46. The molecular formula is C21H22BrN3O3. The molecule has 0 fully saturated rings. The zero-order valence-corrected chi connectivity index (χ0v) is 16.9. The van der Waals surface area contributed by atoms with Crippen LogP contribution < -0.4 is 11.1 Å². The molecule has 0 spiro atoms. The summed E-state index contributed by atoms with van der Waals surface area (Å²) in [6.07, 6.45) is 3.75. The molecule has 0 bridgehead atoms. The van der Waals surface area contributed by atoms with Crippen LogP contribution in [-0.2, 0) is 22.6 Å². The molecule has 6 nitrogen and oxygen atoms in total. The summed E-state index contributed by atoms with van der Waals surface area (Å²) in [6.45, 7) is 0.348. The third-order valence-corrected chi connectivity index (χ3v) is 6.26. The van der Waals surface area contributed by atoms with E-state index in [0.29, 0.717) is 12.1 Å². The van der Waals surface area contributed by atoms with E-state index in [4.69, 9.17) is 5.73 Å². The number of Topliss-reactive ketones (excluding diaryl/α,β-unsaturated/α-hetero) is 2. The number of nitrogens with two attached hydrogens (primary N) is 1. The van der Waals surface area contributed by atoms with E-state index in [2.05, 4.69) is 21.2 Å². The maximum Gasteiger partial charge on any atom is 0.225 e. The first-order chi connectivity index (χ1) is 13.4. The van der Waals surface area contributed by atoms with Crippen molar-refractivity contribution in [2.75, 3.05) is 6.54 Å². The fourth-order valence-corrected chi connectivity index (χ4v) is 4.52. The summed E-state index contributed by atoms with van der Waals surface area (Å²) in [7, 11) is 0. The number of halogens is 1. The van der Waals surface area contributed by atoms with Gasteiger partial charge in [-0.2, -0.15) is 0 Å². The summed E-state index contributed by atoms with van der Waals surface area (Å²) in [6, 6.07) is 8.82. The Morgan fingerprint density at radius 2 is 1.96 bits per heavy atom. The molecule has 7 heteroatoms. The van der Waals surface area contributed by atoms with Gasteiger partial charge in [0.15, 0.2) is 5.78 Å². The van der Waals surface area contributed by atoms with E-state index in [9.17, 15) is 14.4 Å². The minimum atomic E-state index is -0.500. The third-order valence-electron chi connectivity index (χ3n) is 5.74. The number of amides is 1. The zero-order chi connectivity index (χ0) is 19.8. The van der Waals surface area contributed by atoms with E-state index in [-0.39, 0.29) is 42.4 Å². The lowest BCUT2D eigenvalue weighted by molar-refractivity contribution is -0.130. The molecule has 28 heavy (non-hydrogen) atoms. The summed E-state index contributed by atoms with van der Waals surface area (Å²) in [5.74, 6) is -1.25. The van der Waals surface area contributed by atoms with Crippen LogP contribution in [0.5, 0.6) is 0 Å². The molecule has 0 saturated carbocycles. The lowest BCUT2D eigenvalue weighted by Crippen LogP contribution is -2.39. The van der Waals surface area contributed by atoms with Crippen LogP contribution in [0.4, 0.5) is 0 Å². The molecule has 4 rings (SSSR count). The highest BCUT2D eigenvalue weighted by molar-refractivity contribution is 9.10. The minimum Gasteiger partial charge on any atom is -0.350 e. The number of hydrogen-bond acceptors (Lipinski definition) is 4. The van der Waals surface area contributed by atoms with Crippen LogP contribution in [0.25, 0.3) is 0 Å². The number of hydrogen-bond donors (Lipinski definition) is 2. The molecule has 3 N–H and O–H groups in total. The van der Waals surface area contributed by atoms with Crippen LogP contribution in [0.3, 0.4) is 0 Å². The first-order valence-electron chi connectivity index (χ1n) is 9.46. The Morgan fingerprint density at radius 1 is 1.21 bits per heavy atom. The third kappa shape index (κ3) is 3.56. The highest BCUT2D eigenvalue weighted by atomic mass is 79.9. The van der Waals surface area contributed by atoms with Gasteiger partial charge in [0.2, 0.25) is 5.91 Å². The highest BCUT2D eigenvalue weighted by Gasteiger charge is 2.40. The van der Waals surface area contributed by atoms with Gasteiger partial charge in [0.05, 0.1) is 18.4 Å². The summed E-state index contributed by atoms with van der Waals surface area (Å²) in [5.41, 5.74) is 8.91. The Labute approximate surface area is 171 Å². The topological polar surface area (TPSA) is 94.2 Å². The van der Waals surface area contributed by atoms with Gasteiger partial charge in [-0.25, -0.2) is 0 Å². The number of aryl methyl sites for hydroxylation is 1. The molecule has 1 amide bonds. The van der Waals surface area contributed by atoms with Crippen LogP contribution in [-0.4, -0.2) is 34.6 Å². The van der Waals surface area contributed by atoms with E-state index >= 15 is 0 Å². The smallest absolute Gasteiger partial charge is 0.225 e. The lowest BCUT2D eigenvalue weighted by Gasteiger charge is -2.28. The Bertz CT molecular complexity index is 935. The van der Waals surface area contributed by atoms with E-state index in [1.165, 1.54) is 0 Å². The molecule has 1 aliphatic heterocycles. The first-order valence-corrected chi connectivity index (χ1v) is 10.3. The monoisotopic (exact) mass is 443 g/mol. The number of ketones is 2. The number of benzene rings is 1. The number of nitrogens with one attached hydrogen (secondary N) is 1. The van der Waals surface area contributed by atoms with Gasteiger partial charge in [0, 0.05) is 40.9 Å². The van der Waals surface area contributed by atoms with Crippen molar-refractivity contribution in [2.24, 2.45) is 11.7 Å². The maximum absolute atomic E-state index is 12.9. The molecule has 1 aliphatic carbocycles. The van der Waals surface area contributed by atoms with Crippen molar-refractivity contribution in [1.29, 1.82) is 0 Å². The van der Waals surface area contributed by atoms with Gasteiger partial charge in [-0.1, -0.05) is 28.1 Å². The fraction of sp³-hybridized carbons (Fsp3) is 0.381. The van der Waals surface area contributed by atoms with Crippen LogP contribution in [0.15, 0.2) is 41.0 Å². The van der Waals surface area contributed by atoms with Gasteiger partial charge in [-0.05, 0) is 36.6 Å². The molecule has 1 aromatic heterocycles. The summed E-state index contributed by atoms with van der Waals surface area (Å²) >= 11 is 3.33. The lowest BCUT2D eigenvalue weighted by atomic mass is 9.80. The van der Waals surface area contributed by atoms with E-state index in [1.54, 1.807) is 24.3 Å². The second-order valence-corrected chi connectivity index (χ2v) is 8.49. The average Bonchev–Trinajstić information content (AvgIpc) is 3.01. The fourth-order valence-electron chi connectivity index (χ4n) is 4.26.